The number of rotatable bonds is 5. The summed E-state index contributed by atoms with van der Waals surface area (Å²) >= 11 is 0. The number of benzene rings is 1. The molecule has 0 aromatic heterocycles. The average Bonchev–Trinajstić information content (AvgIpc) is 2.89. The number of likely N-dealkylation sites (tertiary alicyclic amines) is 1. The summed E-state index contributed by atoms with van der Waals surface area (Å²) in [6, 6.07) is 6.08. The van der Waals surface area contributed by atoms with Crippen LogP contribution in [0.3, 0.4) is 0 Å². The van der Waals surface area contributed by atoms with E-state index in [0.29, 0.717) is 5.92 Å². The Balaban J connectivity index is 2.14. The molecule has 1 unspecified atom stereocenters. The summed E-state index contributed by atoms with van der Waals surface area (Å²) in [7, 11) is 0. The van der Waals surface area contributed by atoms with E-state index in [-0.39, 0.29) is 5.91 Å². The van der Waals surface area contributed by atoms with Crippen LogP contribution in [0.4, 0.5) is 5.69 Å². The quantitative estimate of drug-likeness (QED) is 0.888. The predicted octanol–water partition coefficient (Wildman–Crippen LogP) is 3.69. The van der Waals surface area contributed by atoms with E-state index in [1.54, 1.807) is 0 Å². The average molecular weight is 274 g/mol. The molecule has 1 aliphatic heterocycles. The van der Waals surface area contributed by atoms with Crippen LogP contribution in [-0.2, 0) is 0 Å². The number of hydrogen-bond acceptors (Lipinski definition) is 2. The van der Waals surface area contributed by atoms with Crippen LogP contribution in [-0.4, -0.2) is 30.4 Å². The van der Waals surface area contributed by atoms with Crippen LogP contribution in [0, 0.1) is 12.8 Å². The van der Waals surface area contributed by atoms with Gasteiger partial charge in [0.2, 0.25) is 0 Å². The normalized spacial score (nSPS) is 18.4. The Morgan fingerprint density at radius 3 is 2.90 bits per heavy atom. The maximum atomic E-state index is 12.7. The molecule has 3 nitrogen and oxygen atoms in total. The van der Waals surface area contributed by atoms with Gasteiger partial charge >= 0.3 is 0 Å². The van der Waals surface area contributed by atoms with Gasteiger partial charge in [0.05, 0.1) is 5.56 Å². The molecule has 1 N–H and O–H groups in total. The third-order valence-corrected chi connectivity index (χ3v) is 4.04. The van der Waals surface area contributed by atoms with E-state index in [1.807, 2.05) is 24.0 Å². The topological polar surface area (TPSA) is 32.3 Å². The number of anilines is 1. The van der Waals surface area contributed by atoms with Crippen molar-refractivity contribution in [2.24, 2.45) is 5.92 Å². The summed E-state index contributed by atoms with van der Waals surface area (Å²) < 4.78 is 0. The Hall–Kier alpha value is -1.51. The molecule has 1 aliphatic rings. The van der Waals surface area contributed by atoms with Gasteiger partial charge in [0, 0.05) is 25.3 Å². The fourth-order valence-electron chi connectivity index (χ4n) is 3.01. The SMILES string of the molecule is CCCC1CCN(C(=O)c2cc(C)ccc2NCC)C1. The fraction of sp³-hybridized carbons (Fsp3) is 0.588. The van der Waals surface area contributed by atoms with Crippen LogP contribution in [0.1, 0.15) is 49.0 Å². The van der Waals surface area contributed by atoms with Crippen molar-refractivity contribution in [2.75, 3.05) is 25.0 Å². The number of aryl methyl sites for hydroxylation is 1. The molecule has 3 heteroatoms. The zero-order valence-electron chi connectivity index (χ0n) is 12.9. The van der Waals surface area contributed by atoms with Crippen molar-refractivity contribution in [1.82, 2.24) is 4.90 Å². The third-order valence-electron chi connectivity index (χ3n) is 4.04. The molecule has 1 saturated heterocycles. The number of amides is 1. The van der Waals surface area contributed by atoms with E-state index in [1.165, 1.54) is 12.8 Å². The van der Waals surface area contributed by atoms with Crippen molar-refractivity contribution >= 4 is 11.6 Å². The first-order chi connectivity index (χ1) is 9.65. The van der Waals surface area contributed by atoms with Gasteiger partial charge < -0.3 is 10.2 Å². The van der Waals surface area contributed by atoms with Gasteiger partial charge in [-0.05, 0) is 44.7 Å². The van der Waals surface area contributed by atoms with Gasteiger partial charge in [0.15, 0.2) is 0 Å². The summed E-state index contributed by atoms with van der Waals surface area (Å²) in [5, 5.41) is 3.30. The highest BCUT2D eigenvalue weighted by Gasteiger charge is 2.27. The van der Waals surface area contributed by atoms with E-state index in [9.17, 15) is 4.79 Å². The van der Waals surface area contributed by atoms with E-state index >= 15 is 0 Å². The Kier molecular flexibility index (Phi) is 5.05. The summed E-state index contributed by atoms with van der Waals surface area (Å²) in [5.41, 5.74) is 2.92. The lowest BCUT2D eigenvalue weighted by atomic mass is 10.0. The van der Waals surface area contributed by atoms with Crippen LogP contribution < -0.4 is 5.32 Å². The Morgan fingerprint density at radius 1 is 1.40 bits per heavy atom. The highest BCUT2D eigenvalue weighted by atomic mass is 16.2. The number of hydrogen-bond donors (Lipinski definition) is 1. The van der Waals surface area contributed by atoms with Crippen LogP contribution >= 0.6 is 0 Å². The van der Waals surface area contributed by atoms with Crippen molar-refractivity contribution in [3.8, 4) is 0 Å². The lowest BCUT2D eigenvalue weighted by Crippen LogP contribution is -2.29. The van der Waals surface area contributed by atoms with E-state index in [0.717, 1.165) is 42.9 Å². The van der Waals surface area contributed by atoms with Crippen molar-refractivity contribution in [1.29, 1.82) is 0 Å². The van der Waals surface area contributed by atoms with Gasteiger partial charge in [0.1, 0.15) is 0 Å². The lowest BCUT2D eigenvalue weighted by Gasteiger charge is -2.19. The van der Waals surface area contributed by atoms with Gasteiger partial charge in [0.25, 0.3) is 5.91 Å². The van der Waals surface area contributed by atoms with Crippen LogP contribution in [0.5, 0.6) is 0 Å². The van der Waals surface area contributed by atoms with Crippen LogP contribution in [0.2, 0.25) is 0 Å². The van der Waals surface area contributed by atoms with Gasteiger partial charge in [-0.25, -0.2) is 0 Å². The van der Waals surface area contributed by atoms with Crippen molar-refractivity contribution in [3.63, 3.8) is 0 Å². The first-order valence-corrected chi connectivity index (χ1v) is 7.79. The van der Waals surface area contributed by atoms with Crippen LogP contribution in [0.25, 0.3) is 0 Å². The molecular weight excluding hydrogens is 248 g/mol. The first-order valence-electron chi connectivity index (χ1n) is 7.79. The zero-order chi connectivity index (χ0) is 14.5. The fourth-order valence-corrected chi connectivity index (χ4v) is 3.01. The van der Waals surface area contributed by atoms with E-state index < -0.39 is 0 Å². The monoisotopic (exact) mass is 274 g/mol. The molecule has 1 aromatic rings. The minimum absolute atomic E-state index is 0.184. The molecule has 1 amide bonds. The lowest BCUT2D eigenvalue weighted by molar-refractivity contribution is 0.0787. The zero-order valence-corrected chi connectivity index (χ0v) is 12.9. The molecule has 0 radical (unpaired) electrons. The van der Waals surface area contributed by atoms with Gasteiger partial charge in [-0.15, -0.1) is 0 Å². The van der Waals surface area contributed by atoms with E-state index in [2.05, 4.69) is 25.2 Å². The van der Waals surface area contributed by atoms with Gasteiger partial charge in [-0.1, -0.05) is 25.0 Å². The third kappa shape index (κ3) is 3.33. The molecule has 110 valence electrons. The number of carbonyl (C=O) groups is 1. The number of nitrogens with one attached hydrogen (secondary N) is 1. The maximum Gasteiger partial charge on any atom is 0.255 e. The molecular formula is C17H26N2O. The molecule has 0 bridgehead atoms. The summed E-state index contributed by atoms with van der Waals surface area (Å²) in [4.78, 5) is 14.8. The Morgan fingerprint density at radius 2 is 2.20 bits per heavy atom. The van der Waals surface area contributed by atoms with Crippen LogP contribution in [0.15, 0.2) is 18.2 Å². The minimum Gasteiger partial charge on any atom is -0.385 e. The van der Waals surface area contributed by atoms with Crippen molar-refractivity contribution in [3.05, 3.63) is 29.3 Å². The highest BCUT2D eigenvalue weighted by molar-refractivity contribution is 6.00. The van der Waals surface area contributed by atoms with Gasteiger partial charge in [-0.2, -0.15) is 0 Å². The molecule has 0 aliphatic carbocycles. The Labute approximate surface area is 122 Å². The largest absolute Gasteiger partial charge is 0.385 e. The maximum absolute atomic E-state index is 12.7. The smallest absolute Gasteiger partial charge is 0.255 e. The second kappa shape index (κ2) is 6.78. The standard InChI is InChI=1S/C17H26N2O/c1-4-6-14-9-10-19(12-14)17(20)15-11-13(3)7-8-16(15)18-5-2/h7-8,11,14,18H,4-6,9-10,12H2,1-3H3. The van der Waals surface area contributed by atoms with Gasteiger partial charge in [-0.3, -0.25) is 4.79 Å². The molecule has 0 spiro atoms. The molecule has 1 atom stereocenters. The molecule has 0 saturated carbocycles. The van der Waals surface area contributed by atoms with Crippen molar-refractivity contribution < 1.29 is 4.79 Å². The molecule has 20 heavy (non-hydrogen) atoms. The summed E-state index contributed by atoms with van der Waals surface area (Å²) in [6.07, 6.45) is 3.60. The Bertz CT molecular complexity index is 470. The molecule has 2 rings (SSSR count). The first kappa shape index (κ1) is 14.9. The highest BCUT2D eigenvalue weighted by Crippen LogP contribution is 2.25. The van der Waals surface area contributed by atoms with Crippen molar-refractivity contribution in [2.45, 2.75) is 40.0 Å². The minimum atomic E-state index is 0.184. The predicted molar refractivity (Wildman–Crippen MR) is 84.3 cm³/mol. The molecule has 1 aromatic carbocycles. The molecule has 1 fully saturated rings. The second-order valence-electron chi connectivity index (χ2n) is 5.77. The second-order valence-corrected chi connectivity index (χ2v) is 5.77. The summed E-state index contributed by atoms with van der Waals surface area (Å²) in [6.45, 7) is 8.98. The number of nitrogens with zero attached hydrogens (tertiary/aromatic N) is 1. The van der Waals surface area contributed by atoms with E-state index in [4.69, 9.17) is 0 Å². The summed E-state index contributed by atoms with van der Waals surface area (Å²) in [5.74, 6) is 0.875. The number of carbonyl (C=O) groups excluding carboxylic acids is 1. The molecule has 1 heterocycles.